The van der Waals surface area contributed by atoms with Crippen LogP contribution in [0.2, 0.25) is 5.02 Å². The molecule has 1 aromatic heterocycles. The summed E-state index contributed by atoms with van der Waals surface area (Å²) in [6.07, 6.45) is 1.34. The molecule has 0 atom stereocenters. The molecule has 0 amide bonds. The summed E-state index contributed by atoms with van der Waals surface area (Å²) in [5, 5.41) is 9.24. The Balaban J connectivity index is 2.36. The van der Waals surface area contributed by atoms with Crippen molar-refractivity contribution in [3.05, 3.63) is 53.2 Å². The molecular weight excluding hydrogens is 242 g/mol. The van der Waals surface area contributed by atoms with Crippen molar-refractivity contribution in [1.82, 2.24) is 4.98 Å². The molecule has 5 heteroatoms. The van der Waals surface area contributed by atoms with Gasteiger partial charge in [0.05, 0.1) is 5.02 Å². The molecule has 1 N–H and O–H groups in total. The van der Waals surface area contributed by atoms with Crippen LogP contribution in [0.15, 0.2) is 42.6 Å². The van der Waals surface area contributed by atoms with Gasteiger partial charge in [0.15, 0.2) is 0 Å². The molecule has 17 heavy (non-hydrogen) atoms. The van der Waals surface area contributed by atoms with E-state index in [1.165, 1.54) is 12.3 Å². The number of nitrogens with zero attached hydrogens (tertiary/aromatic N) is 1. The summed E-state index contributed by atoms with van der Waals surface area (Å²) in [5.74, 6) is -0.594. The summed E-state index contributed by atoms with van der Waals surface area (Å²) < 4.78 is 5.38. The fourth-order valence-electron chi connectivity index (χ4n) is 1.26. The van der Waals surface area contributed by atoms with Crippen LogP contribution in [0.5, 0.6) is 11.6 Å². The lowest BCUT2D eigenvalue weighted by Crippen LogP contribution is -2.01. The van der Waals surface area contributed by atoms with Gasteiger partial charge in [0.2, 0.25) is 5.88 Å². The number of carbonyl (C=O) groups is 1. The van der Waals surface area contributed by atoms with Gasteiger partial charge in [-0.25, -0.2) is 9.78 Å². The molecule has 4 nitrogen and oxygen atoms in total. The average molecular weight is 250 g/mol. The second kappa shape index (κ2) is 4.84. The highest BCUT2D eigenvalue weighted by atomic mass is 35.5. The molecule has 1 heterocycles. The maximum Gasteiger partial charge on any atom is 0.341 e. The molecule has 0 saturated carbocycles. The summed E-state index contributed by atoms with van der Waals surface area (Å²) in [4.78, 5) is 14.8. The number of carboxylic acids is 1. The number of benzene rings is 1. The Kier molecular flexibility index (Phi) is 3.25. The predicted molar refractivity (Wildman–Crippen MR) is 62.7 cm³/mol. The van der Waals surface area contributed by atoms with Crippen molar-refractivity contribution in [2.45, 2.75) is 0 Å². The maximum atomic E-state index is 11.0. The Labute approximate surface area is 102 Å². The van der Waals surface area contributed by atoms with Crippen LogP contribution in [-0.4, -0.2) is 16.1 Å². The SMILES string of the molecule is O=C(O)c1cc(Cl)cnc1Oc1ccccc1. The maximum absolute atomic E-state index is 11.0. The van der Waals surface area contributed by atoms with E-state index in [9.17, 15) is 4.79 Å². The number of para-hydroxylation sites is 1. The van der Waals surface area contributed by atoms with Crippen LogP contribution in [0.3, 0.4) is 0 Å². The van der Waals surface area contributed by atoms with Gasteiger partial charge in [-0.15, -0.1) is 0 Å². The lowest BCUT2D eigenvalue weighted by Gasteiger charge is -2.07. The minimum atomic E-state index is -1.13. The third-order valence-electron chi connectivity index (χ3n) is 2.01. The molecule has 0 fully saturated rings. The van der Waals surface area contributed by atoms with Crippen LogP contribution in [0, 0.1) is 0 Å². The Morgan fingerprint density at radius 3 is 2.65 bits per heavy atom. The fourth-order valence-corrected chi connectivity index (χ4v) is 1.42. The minimum absolute atomic E-state index is 0.0214. The lowest BCUT2D eigenvalue weighted by atomic mass is 10.3. The second-order valence-corrected chi connectivity index (χ2v) is 3.66. The Morgan fingerprint density at radius 1 is 1.29 bits per heavy atom. The van der Waals surface area contributed by atoms with Crippen molar-refractivity contribution in [3.63, 3.8) is 0 Å². The van der Waals surface area contributed by atoms with Crippen LogP contribution in [0.1, 0.15) is 10.4 Å². The van der Waals surface area contributed by atoms with E-state index in [2.05, 4.69) is 4.98 Å². The zero-order valence-corrected chi connectivity index (χ0v) is 9.39. The van der Waals surface area contributed by atoms with Crippen LogP contribution < -0.4 is 4.74 Å². The first-order valence-corrected chi connectivity index (χ1v) is 5.16. The zero-order chi connectivity index (χ0) is 12.3. The molecule has 0 unspecified atom stereocenters. The van der Waals surface area contributed by atoms with Crippen molar-refractivity contribution in [3.8, 4) is 11.6 Å². The van der Waals surface area contributed by atoms with E-state index >= 15 is 0 Å². The number of carboxylic acid groups (broad SMARTS) is 1. The number of hydrogen-bond donors (Lipinski definition) is 1. The summed E-state index contributed by atoms with van der Waals surface area (Å²) in [7, 11) is 0. The molecule has 0 spiro atoms. The van der Waals surface area contributed by atoms with E-state index in [-0.39, 0.29) is 16.5 Å². The van der Waals surface area contributed by atoms with E-state index < -0.39 is 5.97 Å². The molecule has 0 aliphatic rings. The molecule has 0 aliphatic carbocycles. The van der Waals surface area contributed by atoms with Crippen molar-refractivity contribution in [2.24, 2.45) is 0 Å². The predicted octanol–water partition coefficient (Wildman–Crippen LogP) is 3.23. The highest BCUT2D eigenvalue weighted by molar-refractivity contribution is 6.30. The molecule has 0 aliphatic heterocycles. The van der Waals surface area contributed by atoms with Gasteiger partial charge in [-0.3, -0.25) is 0 Å². The normalized spacial score (nSPS) is 9.94. The Morgan fingerprint density at radius 2 is 2.00 bits per heavy atom. The van der Waals surface area contributed by atoms with E-state index in [1.54, 1.807) is 24.3 Å². The first kappa shape index (κ1) is 11.4. The van der Waals surface area contributed by atoms with Gasteiger partial charge in [0.25, 0.3) is 0 Å². The number of aromatic nitrogens is 1. The number of ether oxygens (including phenoxy) is 1. The van der Waals surface area contributed by atoms with Crippen molar-refractivity contribution in [1.29, 1.82) is 0 Å². The van der Waals surface area contributed by atoms with Gasteiger partial charge in [-0.2, -0.15) is 0 Å². The summed E-state index contributed by atoms with van der Waals surface area (Å²) in [6, 6.07) is 10.1. The molecule has 2 aromatic rings. The highest BCUT2D eigenvalue weighted by Gasteiger charge is 2.14. The number of halogens is 1. The molecule has 2 rings (SSSR count). The van der Waals surface area contributed by atoms with Crippen LogP contribution in [0.4, 0.5) is 0 Å². The summed E-state index contributed by atoms with van der Waals surface area (Å²) in [6.45, 7) is 0. The summed E-state index contributed by atoms with van der Waals surface area (Å²) in [5.41, 5.74) is -0.0682. The van der Waals surface area contributed by atoms with Gasteiger partial charge < -0.3 is 9.84 Å². The number of rotatable bonds is 3. The van der Waals surface area contributed by atoms with Gasteiger partial charge in [0.1, 0.15) is 11.3 Å². The molecular formula is C12H8ClNO3. The van der Waals surface area contributed by atoms with E-state index in [1.807, 2.05) is 6.07 Å². The summed E-state index contributed by atoms with van der Waals surface area (Å²) >= 11 is 5.68. The van der Waals surface area contributed by atoms with Gasteiger partial charge in [-0.05, 0) is 18.2 Å². The van der Waals surface area contributed by atoms with Gasteiger partial charge >= 0.3 is 5.97 Å². The number of pyridine rings is 1. The van der Waals surface area contributed by atoms with Crippen LogP contribution >= 0.6 is 11.6 Å². The molecule has 0 saturated heterocycles. The van der Waals surface area contributed by atoms with Gasteiger partial charge in [-0.1, -0.05) is 29.8 Å². The van der Waals surface area contributed by atoms with Crippen molar-refractivity contribution >= 4 is 17.6 Å². The third kappa shape index (κ3) is 2.73. The molecule has 0 radical (unpaired) electrons. The Hall–Kier alpha value is -2.07. The molecule has 1 aromatic carbocycles. The van der Waals surface area contributed by atoms with E-state index in [0.717, 1.165) is 0 Å². The first-order valence-electron chi connectivity index (χ1n) is 4.78. The molecule has 86 valence electrons. The third-order valence-corrected chi connectivity index (χ3v) is 2.21. The van der Waals surface area contributed by atoms with Crippen molar-refractivity contribution in [2.75, 3.05) is 0 Å². The van der Waals surface area contributed by atoms with E-state index in [0.29, 0.717) is 5.75 Å². The van der Waals surface area contributed by atoms with E-state index in [4.69, 9.17) is 21.4 Å². The average Bonchev–Trinajstić information content (AvgIpc) is 2.32. The Bertz CT molecular complexity index is 543. The quantitative estimate of drug-likeness (QED) is 0.907. The van der Waals surface area contributed by atoms with Crippen LogP contribution in [0.25, 0.3) is 0 Å². The minimum Gasteiger partial charge on any atom is -0.477 e. The topological polar surface area (TPSA) is 59.4 Å². The standard InChI is InChI=1S/C12H8ClNO3/c13-8-6-10(12(15)16)11(14-7-8)17-9-4-2-1-3-5-9/h1-7H,(H,15,16). The zero-order valence-electron chi connectivity index (χ0n) is 8.63. The smallest absolute Gasteiger partial charge is 0.341 e. The largest absolute Gasteiger partial charge is 0.477 e. The van der Waals surface area contributed by atoms with Crippen molar-refractivity contribution < 1.29 is 14.6 Å². The molecule has 0 bridgehead atoms. The monoisotopic (exact) mass is 249 g/mol. The lowest BCUT2D eigenvalue weighted by molar-refractivity contribution is 0.0693. The number of hydrogen-bond acceptors (Lipinski definition) is 3. The fraction of sp³-hybridized carbons (Fsp3) is 0. The van der Waals surface area contributed by atoms with Crippen LogP contribution in [-0.2, 0) is 0 Å². The van der Waals surface area contributed by atoms with Gasteiger partial charge in [0, 0.05) is 6.20 Å². The highest BCUT2D eigenvalue weighted by Crippen LogP contribution is 2.24. The first-order chi connectivity index (χ1) is 8.16. The second-order valence-electron chi connectivity index (χ2n) is 3.23. The number of aromatic carboxylic acids is 1.